The Bertz CT molecular complexity index is 1220. The van der Waals surface area contributed by atoms with Crippen molar-refractivity contribution in [3.05, 3.63) is 68.8 Å². The number of aromatic nitrogens is 2. The summed E-state index contributed by atoms with van der Waals surface area (Å²) < 4.78 is 13.8. The highest BCUT2D eigenvalue weighted by Gasteiger charge is 2.26. The highest BCUT2D eigenvalue weighted by Crippen LogP contribution is 2.23. The van der Waals surface area contributed by atoms with E-state index in [0.29, 0.717) is 30.7 Å². The Kier molecular flexibility index (Phi) is 6.57. The van der Waals surface area contributed by atoms with Gasteiger partial charge in [-0.05, 0) is 38.1 Å². The van der Waals surface area contributed by atoms with Gasteiger partial charge in [0, 0.05) is 26.2 Å². The summed E-state index contributed by atoms with van der Waals surface area (Å²) >= 11 is 0. The molecule has 1 amide bonds. The lowest BCUT2D eigenvalue weighted by molar-refractivity contribution is -0.122. The number of hydrogen-bond donors (Lipinski definition) is 1. The van der Waals surface area contributed by atoms with E-state index in [1.807, 2.05) is 19.1 Å². The van der Waals surface area contributed by atoms with Gasteiger partial charge < -0.3 is 14.5 Å². The van der Waals surface area contributed by atoms with E-state index in [2.05, 4.69) is 10.2 Å². The molecule has 0 spiro atoms. The summed E-state index contributed by atoms with van der Waals surface area (Å²) in [6, 6.07) is 10.6. The monoisotopic (exact) mass is 440 g/mol. The summed E-state index contributed by atoms with van der Waals surface area (Å²) in [5, 5.41) is 3.37. The van der Waals surface area contributed by atoms with Crippen molar-refractivity contribution >= 4 is 16.8 Å². The molecule has 0 bridgehead atoms. The molecule has 1 atom stereocenters. The number of benzene rings is 1. The Hall–Kier alpha value is -3.17. The van der Waals surface area contributed by atoms with E-state index in [1.165, 1.54) is 4.57 Å². The number of furan rings is 1. The van der Waals surface area contributed by atoms with Crippen molar-refractivity contribution in [2.45, 2.75) is 33.0 Å². The normalized spacial score (nSPS) is 15.7. The molecule has 32 heavy (non-hydrogen) atoms. The molecule has 3 aromatic rings. The first-order chi connectivity index (χ1) is 15.5. The van der Waals surface area contributed by atoms with Crippen molar-refractivity contribution < 1.29 is 13.9 Å². The van der Waals surface area contributed by atoms with Crippen LogP contribution in [0.2, 0.25) is 0 Å². The molecule has 1 aromatic carbocycles. The van der Waals surface area contributed by atoms with Crippen molar-refractivity contribution in [2.24, 2.45) is 0 Å². The summed E-state index contributed by atoms with van der Waals surface area (Å²) in [7, 11) is 0. The van der Waals surface area contributed by atoms with E-state index in [0.717, 1.165) is 29.2 Å². The number of nitrogens with zero attached hydrogens (tertiary/aromatic N) is 3. The Balaban J connectivity index is 1.56. The van der Waals surface area contributed by atoms with Gasteiger partial charge in [0.1, 0.15) is 18.1 Å². The molecule has 9 heteroatoms. The predicted molar refractivity (Wildman–Crippen MR) is 120 cm³/mol. The van der Waals surface area contributed by atoms with E-state index in [9.17, 15) is 14.4 Å². The topological polar surface area (TPSA) is 98.7 Å². The van der Waals surface area contributed by atoms with Crippen molar-refractivity contribution in [1.29, 1.82) is 0 Å². The van der Waals surface area contributed by atoms with Gasteiger partial charge in [-0.15, -0.1) is 0 Å². The van der Waals surface area contributed by atoms with E-state index in [1.54, 1.807) is 31.2 Å². The smallest absolute Gasteiger partial charge is 0.331 e. The number of ether oxygens (including phenoxy) is 1. The lowest BCUT2D eigenvalue weighted by Crippen LogP contribution is -2.45. The molecular formula is C23H28N4O5. The molecule has 3 heterocycles. The Morgan fingerprint density at radius 1 is 1.09 bits per heavy atom. The number of fused-ring (bicyclic) bond motifs is 1. The minimum Gasteiger partial charge on any atom is -0.465 e. The van der Waals surface area contributed by atoms with Crippen LogP contribution in [0, 0.1) is 6.92 Å². The Morgan fingerprint density at radius 2 is 1.84 bits per heavy atom. The van der Waals surface area contributed by atoms with Crippen LogP contribution in [0.3, 0.4) is 0 Å². The number of aryl methyl sites for hydroxylation is 1. The van der Waals surface area contributed by atoms with Crippen LogP contribution < -0.4 is 16.6 Å². The number of amides is 1. The lowest BCUT2D eigenvalue weighted by atomic mass is 10.1. The van der Waals surface area contributed by atoms with Crippen molar-refractivity contribution in [1.82, 2.24) is 19.4 Å². The van der Waals surface area contributed by atoms with Crippen molar-refractivity contribution in [3.8, 4) is 0 Å². The van der Waals surface area contributed by atoms with E-state index in [4.69, 9.17) is 9.15 Å². The highest BCUT2D eigenvalue weighted by molar-refractivity contribution is 5.81. The zero-order chi connectivity index (χ0) is 22.7. The average molecular weight is 441 g/mol. The number of carbonyl (C=O) groups excluding carboxylic acids is 1. The molecule has 0 saturated carbocycles. The van der Waals surface area contributed by atoms with E-state index in [-0.39, 0.29) is 30.6 Å². The van der Waals surface area contributed by atoms with Gasteiger partial charge in [0.05, 0.1) is 30.2 Å². The van der Waals surface area contributed by atoms with Crippen LogP contribution in [0.5, 0.6) is 0 Å². The van der Waals surface area contributed by atoms with Gasteiger partial charge in [0.2, 0.25) is 5.91 Å². The summed E-state index contributed by atoms with van der Waals surface area (Å²) in [4.78, 5) is 40.6. The number of para-hydroxylation sites is 1. The molecule has 0 radical (unpaired) electrons. The predicted octanol–water partition coefficient (Wildman–Crippen LogP) is 1.27. The molecule has 1 N–H and O–H groups in total. The molecule has 170 valence electrons. The van der Waals surface area contributed by atoms with Crippen LogP contribution in [0.4, 0.5) is 0 Å². The second-order valence-electron chi connectivity index (χ2n) is 7.85. The molecule has 1 aliphatic heterocycles. The first-order valence-electron chi connectivity index (χ1n) is 10.9. The van der Waals surface area contributed by atoms with Crippen LogP contribution in [-0.2, 0) is 22.6 Å². The molecular weight excluding hydrogens is 412 g/mol. The van der Waals surface area contributed by atoms with Crippen LogP contribution >= 0.6 is 0 Å². The minimum atomic E-state index is -0.488. The summed E-state index contributed by atoms with van der Waals surface area (Å²) in [6.45, 7) is 6.77. The number of nitrogens with one attached hydrogen (secondary N) is 1. The molecule has 1 saturated heterocycles. The largest absolute Gasteiger partial charge is 0.465 e. The van der Waals surface area contributed by atoms with Crippen LogP contribution in [0.25, 0.3) is 10.9 Å². The third kappa shape index (κ3) is 4.39. The summed E-state index contributed by atoms with van der Waals surface area (Å²) in [5.74, 6) is 1.29. The molecule has 9 nitrogen and oxygen atoms in total. The van der Waals surface area contributed by atoms with Crippen molar-refractivity contribution in [3.63, 3.8) is 0 Å². The molecule has 1 aliphatic rings. The quantitative estimate of drug-likeness (QED) is 0.594. The molecule has 0 aliphatic carbocycles. The second-order valence-corrected chi connectivity index (χ2v) is 7.85. The number of hydrogen-bond acceptors (Lipinski definition) is 6. The lowest BCUT2D eigenvalue weighted by Gasteiger charge is -2.33. The van der Waals surface area contributed by atoms with Gasteiger partial charge in [-0.3, -0.25) is 23.6 Å². The number of carbonyl (C=O) groups is 1. The fraction of sp³-hybridized carbons (Fsp3) is 0.435. The number of rotatable bonds is 7. The molecule has 2 aromatic heterocycles. The average Bonchev–Trinajstić information content (AvgIpc) is 3.24. The van der Waals surface area contributed by atoms with Crippen LogP contribution in [0.15, 0.2) is 50.4 Å². The SMILES string of the molecule is CCn1c(=O)c2ccccc2n(CC(=O)NC[C@H](c2ccc(C)o2)N2CCOCC2)c1=O. The highest BCUT2D eigenvalue weighted by atomic mass is 16.5. The van der Waals surface area contributed by atoms with E-state index >= 15 is 0 Å². The van der Waals surface area contributed by atoms with E-state index < -0.39 is 5.69 Å². The first kappa shape index (κ1) is 22.0. The number of morpholine rings is 1. The third-order valence-electron chi connectivity index (χ3n) is 5.82. The maximum atomic E-state index is 12.9. The molecule has 1 fully saturated rings. The Labute approximate surface area is 185 Å². The maximum absolute atomic E-state index is 12.9. The van der Waals surface area contributed by atoms with Gasteiger partial charge in [-0.1, -0.05) is 12.1 Å². The Morgan fingerprint density at radius 3 is 2.53 bits per heavy atom. The molecule has 4 rings (SSSR count). The zero-order valence-electron chi connectivity index (χ0n) is 18.4. The van der Waals surface area contributed by atoms with Crippen molar-refractivity contribution in [2.75, 3.05) is 32.8 Å². The maximum Gasteiger partial charge on any atom is 0.331 e. The van der Waals surface area contributed by atoms with Gasteiger partial charge in [0.25, 0.3) is 5.56 Å². The van der Waals surface area contributed by atoms with Gasteiger partial charge in [-0.25, -0.2) is 4.79 Å². The first-order valence-corrected chi connectivity index (χ1v) is 10.9. The summed E-state index contributed by atoms with van der Waals surface area (Å²) in [5.41, 5.74) is -0.378. The fourth-order valence-electron chi connectivity index (χ4n) is 4.14. The van der Waals surface area contributed by atoms with Crippen LogP contribution in [0.1, 0.15) is 24.5 Å². The minimum absolute atomic E-state index is 0.130. The standard InChI is InChI=1S/C23H28N4O5/c1-3-26-22(29)17-6-4-5-7-18(17)27(23(26)30)15-21(28)24-14-19(20-9-8-16(2)32-20)25-10-12-31-13-11-25/h4-9,19H,3,10-15H2,1-2H3,(H,24,28)/t19-/m1/s1. The second kappa shape index (κ2) is 9.54. The van der Waals surface area contributed by atoms with Gasteiger partial charge in [0.15, 0.2) is 0 Å². The van der Waals surface area contributed by atoms with Gasteiger partial charge >= 0.3 is 5.69 Å². The zero-order valence-corrected chi connectivity index (χ0v) is 18.4. The fourth-order valence-corrected chi connectivity index (χ4v) is 4.14. The van der Waals surface area contributed by atoms with Crippen LogP contribution in [-0.4, -0.2) is 52.8 Å². The molecule has 0 unspecified atom stereocenters. The summed E-state index contributed by atoms with van der Waals surface area (Å²) in [6.07, 6.45) is 0. The third-order valence-corrected chi connectivity index (χ3v) is 5.82. The van der Waals surface area contributed by atoms with Gasteiger partial charge in [-0.2, -0.15) is 0 Å².